The van der Waals surface area contributed by atoms with Crippen LogP contribution in [0.2, 0.25) is 0 Å². The summed E-state index contributed by atoms with van der Waals surface area (Å²) >= 11 is 3.34. The van der Waals surface area contributed by atoms with Crippen LogP contribution in [0.4, 0.5) is 0 Å². The molecule has 0 aromatic carbocycles. The zero-order valence-corrected chi connectivity index (χ0v) is 11.4. The van der Waals surface area contributed by atoms with Gasteiger partial charge in [0.2, 0.25) is 0 Å². The van der Waals surface area contributed by atoms with Gasteiger partial charge in [-0.3, -0.25) is 0 Å². The molecule has 0 amide bonds. The van der Waals surface area contributed by atoms with E-state index in [-0.39, 0.29) is 5.41 Å². The first-order valence-corrected chi connectivity index (χ1v) is 6.32. The van der Waals surface area contributed by atoms with Gasteiger partial charge in [-0.1, -0.05) is 20.8 Å². The molecule has 0 radical (unpaired) electrons. The lowest BCUT2D eigenvalue weighted by Crippen LogP contribution is -2.25. The molecule has 0 saturated carbocycles. The number of nitrogens with one attached hydrogen (secondary N) is 1. The Hall–Kier alpha value is -0.280. The van der Waals surface area contributed by atoms with Crippen molar-refractivity contribution in [1.82, 2.24) is 5.32 Å². The normalized spacial score (nSPS) is 12.0. The first kappa shape index (κ1) is 12.8. The predicted octanol–water partition coefficient (Wildman–Crippen LogP) is 3.71. The Morgan fingerprint density at radius 3 is 2.60 bits per heavy atom. The number of furan rings is 1. The molecule has 0 aliphatic carbocycles. The summed E-state index contributed by atoms with van der Waals surface area (Å²) in [4.78, 5) is 0. The maximum atomic E-state index is 5.59. The second kappa shape index (κ2) is 5.71. The molecule has 1 heterocycles. The Balaban J connectivity index is 2.44. The maximum Gasteiger partial charge on any atom is 0.169 e. The van der Waals surface area contributed by atoms with Crippen LogP contribution in [-0.4, -0.2) is 13.1 Å². The highest BCUT2D eigenvalue weighted by molar-refractivity contribution is 9.10. The molecule has 2 nitrogen and oxygen atoms in total. The molecule has 1 aromatic rings. The van der Waals surface area contributed by atoms with Gasteiger partial charge in [-0.15, -0.1) is 0 Å². The minimum atomic E-state index is 0.104. The standard InChI is InChI=1S/C12H20BrNO/c1-4-8-14-9-7-12(2,3)10-5-6-11(13)15-10/h5-6,14H,4,7-9H2,1-3H3. The second-order valence-corrected chi connectivity index (χ2v) is 5.27. The molecule has 0 unspecified atom stereocenters. The Morgan fingerprint density at radius 1 is 1.33 bits per heavy atom. The van der Waals surface area contributed by atoms with E-state index >= 15 is 0 Å². The van der Waals surface area contributed by atoms with Crippen molar-refractivity contribution in [3.8, 4) is 0 Å². The first-order chi connectivity index (χ1) is 7.06. The molecular formula is C12H20BrNO. The van der Waals surface area contributed by atoms with Crippen molar-refractivity contribution in [2.45, 2.75) is 39.0 Å². The van der Waals surface area contributed by atoms with Crippen molar-refractivity contribution < 1.29 is 4.42 Å². The second-order valence-electron chi connectivity index (χ2n) is 4.49. The predicted molar refractivity (Wildman–Crippen MR) is 67.2 cm³/mol. The van der Waals surface area contributed by atoms with Crippen LogP contribution in [0.5, 0.6) is 0 Å². The molecule has 0 aliphatic heterocycles. The Labute approximate surface area is 101 Å². The molecule has 1 N–H and O–H groups in total. The first-order valence-electron chi connectivity index (χ1n) is 5.53. The fraction of sp³-hybridized carbons (Fsp3) is 0.667. The zero-order valence-electron chi connectivity index (χ0n) is 9.77. The highest BCUT2D eigenvalue weighted by Gasteiger charge is 2.23. The van der Waals surface area contributed by atoms with Gasteiger partial charge in [-0.2, -0.15) is 0 Å². The van der Waals surface area contributed by atoms with Crippen molar-refractivity contribution in [3.63, 3.8) is 0 Å². The van der Waals surface area contributed by atoms with Gasteiger partial charge in [-0.25, -0.2) is 0 Å². The third-order valence-corrected chi connectivity index (χ3v) is 3.02. The van der Waals surface area contributed by atoms with Crippen molar-refractivity contribution in [2.24, 2.45) is 0 Å². The Kier molecular flexibility index (Phi) is 4.87. The summed E-state index contributed by atoms with van der Waals surface area (Å²) in [5.74, 6) is 1.05. The van der Waals surface area contributed by atoms with E-state index in [9.17, 15) is 0 Å². The van der Waals surface area contributed by atoms with Crippen LogP contribution < -0.4 is 5.32 Å². The average Bonchev–Trinajstić information content (AvgIpc) is 2.60. The summed E-state index contributed by atoms with van der Waals surface area (Å²) in [6.45, 7) is 8.75. The highest BCUT2D eigenvalue weighted by atomic mass is 79.9. The van der Waals surface area contributed by atoms with E-state index in [0.717, 1.165) is 29.9 Å². The average molecular weight is 274 g/mol. The minimum absolute atomic E-state index is 0.104. The van der Waals surface area contributed by atoms with E-state index < -0.39 is 0 Å². The van der Waals surface area contributed by atoms with Gasteiger partial charge < -0.3 is 9.73 Å². The summed E-state index contributed by atoms with van der Waals surface area (Å²) in [5, 5.41) is 3.41. The molecule has 3 heteroatoms. The smallest absolute Gasteiger partial charge is 0.169 e. The van der Waals surface area contributed by atoms with E-state index in [4.69, 9.17) is 4.42 Å². The number of hydrogen-bond acceptors (Lipinski definition) is 2. The molecule has 86 valence electrons. The van der Waals surface area contributed by atoms with Gasteiger partial charge in [0.05, 0.1) is 0 Å². The molecule has 1 aromatic heterocycles. The molecule has 15 heavy (non-hydrogen) atoms. The number of halogens is 1. The van der Waals surface area contributed by atoms with Crippen LogP contribution >= 0.6 is 15.9 Å². The van der Waals surface area contributed by atoms with E-state index in [1.165, 1.54) is 6.42 Å². The van der Waals surface area contributed by atoms with Gasteiger partial charge in [0.15, 0.2) is 4.67 Å². The monoisotopic (exact) mass is 273 g/mol. The molecule has 0 fully saturated rings. The summed E-state index contributed by atoms with van der Waals surface area (Å²) in [6.07, 6.45) is 2.28. The largest absolute Gasteiger partial charge is 0.454 e. The van der Waals surface area contributed by atoms with Crippen LogP contribution in [0.3, 0.4) is 0 Å². The van der Waals surface area contributed by atoms with E-state index in [0.29, 0.717) is 0 Å². The molecule has 0 saturated heterocycles. The highest BCUT2D eigenvalue weighted by Crippen LogP contribution is 2.29. The van der Waals surface area contributed by atoms with Gasteiger partial charge in [-0.05, 0) is 54.0 Å². The summed E-state index contributed by atoms with van der Waals surface area (Å²) < 4.78 is 6.41. The molecule has 0 spiro atoms. The maximum absolute atomic E-state index is 5.59. The molecule has 0 bridgehead atoms. The SMILES string of the molecule is CCCNCCC(C)(C)c1ccc(Br)o1. The number of rotatable bonds is 6. The summed E-state index contributed by atoms with van der Waals surface area (Å²) in [7, 11) is 0. The van der Waals surface area contributed by atoms with Crippen LogP contribution in [0.25, 0.3) is 0 Å². The third-order valence-electron chi connectivity index (χ3n) is 2.59. The molecular weight excluding hydrogens is 254 g/mol. The lowest BCUT2D eigenvalue weighted by atomic mass is 9.86. The van der Waals surface area contributed by atoms with Gasteiger partial charge in [0, 0.05) is 5.41 Å². The summed E-state index contributed by atoms with van der Waals surface area (Å²) in [6, 6.07) is 4.00. The van der Waals surface area contributed by atoms with Crippen LogP contribution in [-0.2, 0) is 5.41 Å². The van der Waals surface area contributed by atoms with E-state index in [1.807, 2.05) is 12.1 Å². The van der Waals surface area contributed by atoms with Gasteiger partial charge >= 0.3 is 0 Å². The molecule has 0 atom stereocenters. The lowest BCUT2D eigenvalue weighted by molar-refractivity contribution is 0.350. The van der Waals surface area contributed by atoms with Crippen molar-refractivity contribution in [1.29, 1.82) is 0 Å². The van der Waals surface area contributed by atoms with Crippen molar-refractivity contribution in [3.05, 3.63) is 22.6 Å². The number of hydrogen-bond donors (Lipinski definition) is 1. The Morgan fingerprint density at radius 2 is 2.07 bits per heavy atom. The van der Waals surface area contributed by atoms with Crippen molar-refractivity contribution in [2.75, 3.05) is 13.1 Å². The van der Waals surface area contributed by atoms with Crippen LogP contribution in [0, 0.1) is 0 Å². The minimum Gasteiger partial charge on any atom is -0.454 e. The zero-order chi connectivity index (χ0) is 11.3. The van der Waals surface area contributed by atoms with Gasteiger partial charge in [0.1, 0.15) is 5.76 Å². The fourth-order valence-corrected chi connectivity index (χ4v) is 1.81. The van der Waals surface area contributed by atoms with Gasteiger partial charge in [0.25, 0.3) is 0 Å². The molecule has 0 aliphatic rings. The third kappa shape index (κ3) is 3.99. The quantitative estimate of drug-likeness (QED) is 0.800. The van der Waals surface area contributed by atoms with E-state index in [1.54, 1.807) is 0 Å². The van der Waals surface area contributed by atoms with Crippen LogP contribution in [0.1, 0.15) is 39.4 Å². The van der Waals surface area contributed by atoms with Crippen molar-refractivity contribution >= 4 is 15.9 Å². The Bertz CT molecular complexity index is 294. The van der Waals surface area contributed by atoms with E-state index in [2.05, 4.69) is 42.0 Å². The summed E-state index contributed by atoms with van der Waals surface area (Å²) in [5.41, 5.74) is 0.104. The topological polar surface area (TPSA) is 25.2 Å². The van der Waals surface area contributed by atoms with Crippen LogP contribution in [0.15, 0.2) is 21.2 Å². The lowest BCUT2D eigenvalue weighted by Gasteiger charge is -2.22. The fourth-order valence-electron chi connectivity index (χ4n) is 1.50. The molecule has 1 rings (SSSR count).